The van der Waals surface area contributed by atoms with Crippen molar-refractivity contribution in [2.75, 3.05) is 6.54 Å². The molecular weight excluding hydrogens is 224 g/mol. The summed E-state index contributed by atoms with van der Waals surface area (Å²) >= 11 is 0. The smallest absolute Gasteiger partial charge is 0.0672 e. The summed E-state index contributed by atoms with van der Waals surface area (Å²) in [5, 5.41) is 16.9. The fraction of sp³-hybridized carbons (Fsp3) is 0.714. The lowest BCUT2D eigenvalue weighted by atomic mass is 9.96. The zero-order valence-electron chi connectivity index (χ0n) is 11.1. The lowest BCUT2D eigenvalue weighted by Gasteiger charge is -2.20. The average molecular weight is 246 g/mol. The first-order valence-electron chi connectivity index (χ1n) is 6.91. The number of aryl methyl sites for hydroxylation is 1. The van der Waals surface area contributed by atoms with Crippen molar-refractivity contribution in [1.29, 1.82) is 5.26 Å². The summed E-state index contributed by atoms with van der Waals surface area (Å²) in [6, 6.07) is 4.90. The van der Waals surface area contributed by atoms with Crippen LogP contribution in [0.1, 0.15) is 37.8 Å². The molecule has 1 aromatic heterocycles. The van der Waals surface area contributed by atoms with Crippen LogP contribution in [-0.4, -0.2) is 22.4 Å². The zero-order valence-corrected chi connectivity index (χ0v) is 11.1. The standard InChI is InChI=1S/C14H22N4/c1-18-13(8-10-17-18)7-9-16-14-6-4-2-3-5-12(14)11-15/h8,10,12,14,16H,2-7,9H2,1H3. The van der Waals surface area contributed by atoms with Crippen molar-refractivity contribution < 1.29 is 0 Å². The van der Waals surface area contributed by atoms with Gasteiger partial charge >= 0.3 is 0 Å². The van der Waals surface area contributed by atoms with Gasteiger partial charge in [0, 0.05) is 37.9 Å². The van der Waals surface area contributed by atoms with Crippen LogP contribution >= 0.6 is 0 Å². The van der Waals surface area contributed by atoms with Crippen LogP contribution in [0.25, 0.3) is 0 Å². The van der Waals surface area contributed by atoms with Crippen molar-refractivity contribution in [3.63, 3.8) is 0 Å². The Morgan fingerprint density at radius 2 is 2.28 bits per heavy atom. The minimum atomic E-state index is 0.194. The Morgan fingerprint density at radius 3 is 3.00 bits per heavy atom. The Hall–Kier alpha value is -1.34. The maximum Gasteiger partial charge on any atom is 0.0672 e. The first-order valence-corrected chi connectivity index (χ1v) is 6.91. The molecule has 1 heterocycles. The normalized spacial score (nSPS) is 24.4. The van der Waals surface area contributed by atoms with Gasteiger partial charge in [0.05, 0.1) is 12.0 Å². The number of nitrogens with one attached hydrogen (secondary N) is 1. The molecule has 18 heavy (non-hydrogen) atoms. The molecule has 1 fully saturated rings. The summed E-state index contributed by atoms with van der Waals surface area (Å²) in [4.78, 5) is 0. The highest BCUT2D eigenvalue weighted by Crippen LogP contribution is 2.22. The third-order valence-electron chi connectivity index (χ3n) is 3.89. The Balaban J connectivity index is 1.81. The third-order valence-corrected chi connectivity index (χ3v) is 3.89. The molecule has 1 aliphatic rings. The number of hydrogen-bond acceptors (Lipinski definition) is 3. The largest absolute Gasteiger partial charge is 0.312 e. The van der Waals surface area contributed by atoms with E-state index in [1.807, 2.05) is 17.9 Å². The van der Waals surface area contributed by atoms with E-state index in [1.54, 1.807) is 0 Å². The second-order valence-electron chi connectivity index (χ2n) is 5.13. The molecule has 0 amide bonds. The predicted molar refractivity (Wildman–Crippen MR) is 70.9 cm³/mol. The number of nitriles is 1. The molecule has 0 aromatic carbocycles. The number of nitrogens with zero attached hydrogens (tertiary/aromatic N) is 3. The van der Waals surface area contributed by atoms with Gasteiger partial charge in [0.2, 0.25) is 0 Å². The van der Waals surface area contributed by atoms with Crippen LogP contribution in [0.2, 0.25) is 0 Å². The lowest BCUT2D eigenvalue weighted by Crippen LogP contribution is -2.36. The van der Waals surface area contributed by atoms with Gasteiger partial charge in [-0.15, -0.1) is 0 Å². The molecule has 0 saturated heterocycles. The predicted octanol–water partition coefficient (Wildman–Crippen LogP) is 2.02. The van der Waals surface area contributed by atoms with E-state index >= 15 is 0 Å². The van der Waals surface area contributed by atoms with Crippen LogP contribution in [0, 0.1) is 17.2 Å². The highest BCUT2D eigenvalue weighted by atomic mass is 15.3. The van der Waals surface area contributed by atoms with Crippen LogP contribution in [0.4, 0.5) is 0 Å². The van der Waals surface area contributed by atoms with Gasteiger partial charge in [0.25, 0.3) is 0 Å². The molecule has 1 saturated carbocycles. The lowest BCUT2D eigenvalue weighted by molar-refractivity contribution is 0.396. The fourth-order valence-corrected chi connectivity index (χ4v) is 2.74. The molecule has 0 radical (unpaired) electrons. The first-order chi connectivity index (χ1) is 8.81. The van der Waals surface area contributed by atoms with E-state index in [1.165, 1.54) is 25.0 Å². The Kier molecular flexibility index (Phi) is 4.77. The van der Waals surface area contributed by atoms with Crippen molar-refractivity contribution in [3.05, 3.63) is 18.0 Å². The van der Waals surface area contributed by atoms with Gasteiger partial charge < -0.3 is 5.32 Å². The molecular formula is C14H22N4. The summed E-state index contributed by atoms with van der Waals surface area (Å²) in [6.07, 6.45) is 8.74. The second-order valence-corrected chi connectivity index (χ2v) is 5.13. The SMILES string of the molecule is Cn1nccc1CCNC1CCCCCC1C#N. The van der Waals surface area contributed by atoms with Crippen molar-refractivity contribution in [2.45, 2.75) is 44.6 Å². The third kappa shape index (κ3) is 3.33. The van der Waals surface area contributed by atoms with Gasteiger partial charge in [-0.1, -0.05) is 19.3 Å². The Bertz CT molecular complexity index is 404. The molecule has 98 valence electrons. The minimum absolute atomic E-state index is 0.194. The van der Waals surface area contributed by atoms with Crippen LogP contribution in [0.5, 0.6) is 0 Å². The first kappa shape index (κ1) is 13.1. The molecule has 4 nitrogen and oxygen atoms in total. The van der Waals surface area contributed by atoms with E-state index in [-0.39, 0.29) is 5.92 Å². The van der Waals surface area contributed by atoms with Crippen LogP contribution < -0.4 is 5.32 Å². The van der Waals surface area contributed by atoms with Gasteiger partial charge in [-0.3, -0.25) is 4.68 Å². The van der Waals surface area contributed by atoms with Gasteiger partial charge in [-0.05, 0) is 18.9 Å². The Labute approximate surface area is 109 Å². The topological polar surface area (TPSA) is 53.6 Å². The highest BCUT2D eigenvalue weighted by molar-refractivity contribution is 5.01. The average Bonchev–Trinajstić information content (AvgIpc) is 2.65. The molecule has 4 heteroatoms. The van der Waals surface area contributed by atoms with Gasteiger partial charge in [0.1, 0.15) is 0 Å². The van der Waals surface area contributed by atoms with E-state index in [0.717, 1.165) is 25.8 Å². The molecule has 2 unspecified atom stereocenters. The maximum atomic E-state index is 9.21. The zero-order chi connectivity index (χ0) is 12.8. The van der Waals surface area contributed by atoms with Gasteiger partial charge in [-0.2, -0.15) is 10.4 Å². The summed E-state index contributed by atoms with van der Waals surface area (Å²) in [5.41, 5.74) is 1.24. The van der Waals surface area contributed by atoms with Crippen molar-refractivity contribution in [2.24, 2.45) is 13.0 Å². The molecule has 1 aromatic rings. The van der Waals surface area contributed by atoms with Crippen molar-refractivity contribution >= 4 is 0 Å². The fourth-order valence-electron chi connectivity index (χ4n) is 2.74. The van der Waals surface area contributed by atoms with E-state index < -0.39 is 0 Å². The molecule has 0 bridgehead atoms. The number of hydrogen-bond donors (Lipinski definition) is 1. The highest BCUT2D eigenvalue weighted by Gasteiger charge is 2.22. The summed E-state index contributed by atoms with van der Waals surface area (Å²) in [6.45, 7) is 0.933. The Morgan fingerprint density at radius 1 is 1.44 bits per heavy atom. The van der Waals surface area contributed by atoms with E-state index in [9.17, 15) is 5.26 Å². The van der Waals surface area contributed by atoms with Gasteiger partial charge in [-0.25, -0.2) is 0 Å². The van der Waals surface area contributed by atoms with Crippen LogP contribution in [0.3, 0.4) is 0 Å². The van der Waals surface area contributed by atoms with Crippen LogP contribution in [-0.2, 0) is 13.5 Å². The monoisotopic (exact) mass is 246 g/mol. The quantitative estimate of drug-likeness (QED) is 0.827. The van der Waals surface area contributed by atoms with Crippen molar-refractivity contribution in [3.8, 4) is 6.07 Å². The number of rotatable bonds is 4. The molecule has 1 aliphatic carbocycles. The summed E-state index contributed by atoms with van der Waals surface area (Å²) < 4.78 is 1.91. The molecule has 2 atom stereocenters. The number of aromatic nitrogens is 2. The minimum Gasteiger partial charge on any atom is -0.312 e. The van der Waals surface area contributed by atoms with Gasteiger partial charge in [0.15, 0.2) is 0 Å². The molecule has 0 spiro atoms. The summed E-state index contributed by atoms with van der Waals surface area (Å²) in [7, 11) is 1.97. The van der Waals surface area contributed by atoms with E-state index in [0.29, 0.717) is 6.04 Å². The molecule has 0 aliphatic heterocycles. The van der Waals surface area contributed by atoms with Crippen LogP contribution in [0.15, 0.2) is 12.3 Å². The summed E-state index contributed by atoms with van der Waals surface area (Å²) in [5.74, 6) is 0.194. The second kappa shape index (κ2) is 6.55. The van der Waals surface area contributed by atoms with E-state index in [4.69, 9.17) is 0 Å². The van der Waals surface area contributed by atoms with E-state index in [2.05, 4.69) is 22.6 Å². The molecule has 2 rings (SSSR count). The molecule has 1 N–H and O–H groups in total. The maximum absolute atomic E-state index is 9.21. The van der Waals surface area contributed by atoms with Crippen molar-refractivity contribution in [1.82, 2.24) is 15.1 Å².